The summed E-state index contributed by atoms with van der Waals surface area (Å²) in [6.45, 7) is -0.512. The first-order chi connectivity index (χ1) is 7.65. The first kappa shape index (κ1) is 13.5. The van der Waals surface area contributed by atoms with E-state index in [1.165, 1.54) is 0 Å². The zero-order valence-corrected chi connectivity index (χ0v) is 10.3. The van der Waals surface area contributed by atoms with Crippen LogP contribution in [0.5, 0.6) is 0 Å². The fourth-order valence-electron chi connectivity index (χ4n) is 1.49. The van der Waals surface area contributed by atoms with Crippen LogP contribution in [0.4, 0.5) is 8.78 Å². The van der Waals surface area contributed by atoms with Crippen molar-refractivity contribution in [2.75, 3.05) is 18.5 Å². The molecule has 0 aromatic carbocycles. The average Bonchev–Trinajstić information content (AvgIpc) is 2.28. The van der Waals surface area contributed by atoms with Crippen LogP contribution < -0.4 is 0 Å². The zero-order chi connectivity index (χ0) is 12.0. The van der Waals surface area contributed by atoms with Crippen LogP contribution in [0.15, 0.2) is 23.3 Å². The van der Waals surface area contributed by atoms with Gasteiger partial charge in [0, 0.05) is 5.57 Å². The van der Waals surface area contributed by atoms with Crippen molar-refractivity contribution in [2.24, 2.45) is 0 Å². The molecule has 0 saturated heterocycles. The molecule has 0 saturated carbocycles. The van der Waals surface area contributed by atoms with Crippen molar-refractivity contribution in [3.8, 4) is 0 Å². The molecule has 16 heavy (non-hydrogen) atoms. The van der Waals surface area contributed by atoms with Gasteiger partial charge in [0.05, 0.1) is 11.9 Å². The second kappa shape index (κ2) is 6.91. The second-order valence-electron chi connectivity index (χ2n) is 3.39. The third-order valence-electron chi connectivity index (χ3n) is 2.17. The van der Waals surface area contributed by atoms with Gasteiger partial charge in [0.25, 0.3) is 6.43 Å². The molecule has 0 unspecified atom stereocenters. The minimum Gasteiger partial charge on any atom is -0.371 e. The molecule has 0 atom stereocenters. The van der Waals surface area contributed by atoms with E-state index in [0.717, 1.165) is 18.4 Å². The molecule has 0 fully saturated rings. The van der Waals surface area contributed by atoms with Crippen LogP contribution in [0.2, 0.25) is 0 Å². The molecule has 0 aliphatic heterocycles. The number of carbonyl (C=O) groups is 1. The largest absolute Gasteiger partial charge is 0.371 e. The van der Waals surface area contributed by atoms with E-state index < -0.39 is 13.0 Å². The fourth-order valence-corrected chi connectivity index (χ4v) is 1.79. The molecule has 5 heteroatoms. The quantitative estimate of drug-likeness (QED) is 0.704. The number of ether oxygens (including phenoxy) is 1. The van der Waals surface area contributed by atoms with Gasteiger partial charge in [0.1, 0.15) is 6.61 Å². The highest BCUT2D eigenvalue weighted by molar-refractivity contribution is 9.09. The average molecular weight is 295 g/mol. The number of Topliss-reactive ketones (excluding diaryl/α,β-unsaturated/α-hetero) is 1. The van der Waals surface area contributed by atoms with Crippen LogP contribution in [0, 0.1) is 0 Å². The molecule has 0 N–H and O–H groups in total. The number of carbonyl (C=O) groups excluding carboxylic acids is 1. The normalized spacial score (nSPS) is 16.0. The molecular weight excluding hydrogens is 282 g/mol. The minimum atomic E-state index is -2.47. The monoisotopic (exact) mass is 294 g/mol. The molecule has 1 rings (SSSR count). The van der Waals surface area contributed by atoms with Crippen molar-refractivity contribution in [3.63, 3.8) is 0 Å². The maximum Gasteiger partial charge on any atom is 0.261 e. The Hall–Kier alpha value is -0.550. The standard InChI is InChI=1S/C11H13BrF2O2/c12-5-10(15)9-4-2-1-3-8(9)6-16-7-11(13)14/h3-4,11H,1-2,5-7H2. The van der Waals surface area contributed by atoms with Crippen molar-refractivity contribution in [1.29, 1.82) is 0 Å². The van der Waals surface area contributed by atoms with E-state index in [9.17, 15) is 13.6 Å². The summed E-state index contributed by atoms with van der Waals surface area (Å²) >= 11 is 3.09. The molecule has 0 spiro atoms. The van der Waals surface area contributed by atoms with Crippen LogP contribution in [0.25, 0.3) is 0 Å². The molecule has 0 amide bonds. The number of hydrogen-bond donors (Lipinski definition) is 0. The van der Waals surface area contributed by atoms with E-state index in [1.54, 1.807) is 0 Å². The predicted octanol–water partition coefficient (Wildman–Crippen LogP) is 2.88. The van der Waals surface area contributed by atoms with E-state index in [4.69, 9.17) is 4.74 Å². The Bertz CT molecular complexity index is 311. The Morgan fingerprint density at radius 2 is 2.12 bits per heavy atom. The summed E-state index contributed by atoms with van der Waals surface area (Å²) < 4.78 is 28.6. The van der Waals surface area contributed by atoms with Crippen LogP contribution in [-0.2, 0) is 9.53 Å². The summed E-state index contributed by atoms with van der Waals surface area (Å²) in [4.78, 5) is 11.5. The van der Waals surface area contributed by atoms with E-state index in [1.807, 2.05) is 12.2 Å². The van der Waals surface area contributed by atoms with Gasteiger partial charge >= 0.3 is 0 Å². The van der Waals surface area contributed by atoms with Gasteiger partial charge < -0.3 is 4.74 Å². The Labute approximate surface area is 101 Å². The third kappa shape index (κ3) is 4.14. The molecule has 1 aliphatic carbocycles. The Morgan fingerprint density at radius 3 is 2.75 bits per heavy atom. The topological polar surface area (TPSA) is 26.3 Å². The summed E-state index contributed by atoms with van der Waals surface area (Å²) in [5.41, 5.74) is 1.31. The lowest BCUT2D eigenvalue weighted by molar-refractivity contribution is -0.113. The summed E-state index contributed by atoms with van der Waals surface area (Å²) in [6, 6.07) is 0. The predicted molar refractivity (Wildman–Crippen MR) is 61.0 cm³/mol. The van der Waals surface area contributed by atoms with Gasteiger partial charge in [-0.2, -0.15) is 0 Å². The van der Waals surface area contributed by atoms with E-state index >= 15 is 0 Å². The first-order valence-electron chi connectivity index (χ1n) is 4.99. The van der Waals surface area contributed by atoms with E-state index in [-0.39, 0.29) is 17.7 Å². The fraction of sp³-hybridized carbons (Fsp3) is 0.545. The van der Waals surface area contributed by atoms with Crippen molar-refractivity contribution in [3.05, 3.63) is 23.3 Å². The Balaban J connectivity index is 2.53. The SMILES string of the molecule is O=C(CBr)C1=CCCC=C1COCC(F)F. The summed E-state index contributed by atoms with van der Waals surface area (Å²) in [6.07, 6.45) is 2.88. The summed E-state index contributed by atoms with van der Waals surface area (Å²) in [7, 11) is 0. The number of alkyl halides is 3. The number of rotatable bonds is 6. The number of halogens is 3. The lowest BCUT2D eigenvalue weighted by Gasteiger charge is -2.14. The minimum absolute atomic E-state index is 0.0356. The van der Waals surface area contributed by atoms with E-state index in [2.05, 4.69) is 15.9 Å². The second-order valence-corrected chi connectivity index (χ2v) is 3.95. The lowest BCUT2D eigenvalue weighted by atomic mass is 9.96. The number of allylic oxidation sites excluding steroid dienone is 2. The van der Waals surface area contributed by atoms with Gasteiger partial charge in [-0.05, 0) is 18.4 Å². The third-order valence-corrected chi connectivity index (χ3v) is 2.68. The Kier molecular flexibility index (Phi) is 5.84. The molecule has 2 nitrogen and oxygen atoms in total. The molecule has 0 aromatic heterocycles. The number of ketones is 1. The van der Waals surface area contributed by atoms with Crippen molar-refractivity contribution in [2.45, 2.75) is 19.3 Å². The highest BCUT2D eigenvalue weighted by Crippen LogP contribution is 2.20. The lowest BCUT2D eigenvalue weighted by Crippen LogP contribution is -2.14. The van der Waals surface area contributed by atoms with Crippen LogP contribution in [0.1, 0.15) is 12.8 Å². The smallest absolute Gasteiger partial charge is 0.261 e. The van der Waals surface area contributed by atoms with Gasteiger partial charge in [0.15, 0.2) is 5.78 Å². The molecule has 0 bridgehead atoms. The van der Waals surface area contributed by atoms with Gasteiger partial charge in [-0.15, -0.1) is 0 Å². The van der Waals surface area contributed by atoms with Gasteiger partial charge in [-0.25, -0.2) is 8.78 Å². The molecule has 0 aromatic rings. The van der Waals surface area contributed by atoms with E-state index in [0.29, 0.717) is 5.57 Å². The Morgan fingerprint density at radius 1 is 1.44 bits per heavy atom. The van der Waals surface area contributed by atoms with Gasteiger partial charge in [-0.3, -0.25) is 4.79 Å². The molecule has 1 aliphatic rings. The highest BCUT2D eigenvalue weighted by Gasteiger charge is 2.16. The molecule has 0 heterocycles. The molecule has 0 radical (unpaired) electrons. The van der Waals surface area contributed by atoms with Crippen LogP contribution in [0.3, 0.4) is 0 Å². The molecular formula is C11H13BrF2O2. The maximum absolute atomic E-state index is 11.9. The highest BCUT2D eigenvalue weighted by atomic mass is 79.9. The van der Waals surface area contributed by atoms with Crippen molar-refractivity contribution >= 4 is 21.7 Å². The van der Waals surface area contributed by atoms with Crippen LogP contribution >= 0.6 is 15.9 Å². The van der Waals surface area contributed by atoms with Gasteiger partial charge in [-0.1, -0.05) is 28.1 Å². The number of hydrogen-bond acceptors (Lipinski definition) is 2. The maximum atomic E-state index is 11.9. The first-order valence-corrected chi connectivity index (χ1v) is 6.12. The van der Waals surface area contributed by atoms with Crippen molar-refractivity contribution < 1.29 is 18.3 Å². The molecule has 90 valence electrons. The van der Waals surface area contributed by atoms with Crippen LogP contribution in [-0.4, -0.2) is 30.8 Å². The van der Waals surface area contributed by atoms with Crippen molar-refractivity contribution in [1.82, 2.24) is 0 Å². The van der Waals surface area contributed by atoms with Gasteiger partial charge in [0.2, 0.25) is 0 Å². The summed E-state index contributed by atoms with van der Waals surface area (Å²) in [5.74, 6) is -0.0356. The zero-order valence-electron chi connectivity index (χ0n) is 8.72. The summed E-state index contributed by atoms with van der Waals surface area (Å²) in [5, 5.41) is 0.241.